The summed E-state index contributed by atoms with van der Waals surface area (Å²) in [5.41, 5.74) is 0. The molecule has 1 aromatic rings. The normalized spacial score (nSPS) is 20.3. The zero-order valence-corrected chi connectivity index (χ0v) is 20.9. The molecule has 2 saturated heterocycles. The van der Waals surface area contributed by atoms with Gasteiger partial charge in [0.1, 0.15) is 5.76 Å². The molecule has 1 amide bonds. The summed E-state index contributed by atoms with van der Waals surface area (Å²) in [6.45, 7) is 8.38. The summed E-state index contributed by atoms with van der Waals surface area (Å²) in [7, 11) is 0. The Morgan fingerprint density at radius 1 is 1.23 bits per heavy atom. The minimum atomic E-state index is 0. The highest BCUT2D eigenvalue weighted by molar-refractivity contribution is 14.0. The number of nitrogens with one attached hydrogen (secondary N) is 3. The molecule has 3 heterocycles. The monoisotopic (exact) mass is 547 g/mol. The second kappa shape index (κ2) is 14.7. The molecule has 3 rings (SSSR count). The molecule has 2 aliphatic rings. The molecule has 9 heteroatoms. The van der Waals surface area contributed by atoms with Crippen LogP contribution in [0, 0.1) is 5.92 Å². The van der Waals surface area contributed by atoms with Gasteiger partial charge < -0.3 is 25.1 Å². The van der Waals surface area contributed by atoms with E-state index in [1.807, 2.05) is 12.1 Å². The third-order valence-corrected chi connectivity index (χ3v) is 5.64. The van der Waals surface area contributed by atoms with Crippen LogP contribution in [0.3, 0.4) is 0 Å². The number of aliphatic imine (C=N–C) groups is 1. The van der Waals surface area contributed by atoms with Gasteiger partial charge in [0.2, 0.25) is 5.91 Å². The first-order valence-corrected chi connectivity index (χ1v) is 11.4. The quantitative estimate of drug-likeness (QED) is 0.236. The maximum Gasteiger partial charge on any atom is 0.234 e. The number of rotatable bonds is 10. The standard InChI is InChI=1S/C22H37N5O3.HI/c1-2-9-23-21(28)16-27-11-6-19(7-12-27)26-22(25-15-18-8-14-29-17-18)24-10-5-20-4-3-13-30-20;/h3-4,13,18-19H,2,5-12,14-17H2,1H3,(H,23,28)(H2,24,25,26);1H. The number of guanidine groups is 1. The third-order valence-electron chi connectivity index (χ3n) is 5.64. The Labute approximate surface area is 203 Å². The fraction of sp³-hybridized carbons (Fsp3) is 0.727. The molecule has 176 valence electrons. The van der Waals surface area contributed by atoms with E-state index in [4.69, 9.17) is 14.1 Å². The topological polar surface area (TPSA) is 91.1 Å². The Morgan fingerprint density at radius 2 is 2.06 bits per heavy atom. The van der Waals surface area contributed by atoms with Crippen LogP contribution >= 0.6 is 24.0 Å². The van der Waals surface area contributed by atoms with Gasteiger partial charge in [-0.25, -0.2) is 0 Å². The lowest BCUT2D eigenvalue weighted by atomic mass is 10.1. The smallest absolute Gasteiger partial charge is 0.234 e. The number of ether oxygens (including phenoxy) is 1. The molecule has 0 bridgehead atoms. The van der Waals surface area contributed by atoms with Crippen LogP contribution in [0.25, 0.3) is 0 Å². The molecular formula is C22H38IN5O3. The first-order chi connectivity index (χ1) is 14.7. The van der Waals surface area contributed by atoms with Crippen LogP contribution in [0.2, 0.25) is 0 Å². The molecular weight excluding hydrogens is 509 g/mol. The van der Waals surface area contributed by atoms with Gasteiger partial charge in [0.25, 0.3) is 0 Å². The molecule has 0 spiro atoms. The molecule has 31 heavy (non-hydrogen) atoms. The summed E-state index contributed by atoms with van der Waals surface area (Å²) in [5, 5.41) is 10.0. The van der Waals surface area contributed by atoms with E-state index in [1.165, 1.54) is 0 Å². The number of halogens is 1. The molecule has 1 atom stereocenters. The van der Waals surface area contributed by atoms with Crippen molar-refractivity contribution in [1.82, 2.24) is 20.9 Å². The van der Waals surface area contributed by atoms with Gasteiger partial charge in [0.15, 0.2) is 5.96 Å². The Hall–Kier alpha value is -1.33. The van der Waals surface area contributed by atoms with Gasteiger partial charge in [-0.1, -0.05) is 6.92 Å². The molecule has 2 fully saturated rings. The third kappa shape index (κ3) is 9.78. The maximum absolute atomic E-state index is 11.9. The van der Waals surface area contributed by atoms with E-state index in [2.05, 4.69) is 27.8 Å². The predicted octanol–water partition coefficient (Wildman–Crippen LogP) is 2.00. The average Bonchev–Trinajstić information content (AvgIpc) is 3.46. The SMILES string of the molecule is CCCNC(=O)CN1CCC(NC(=NCC2CCOC2)NCCc2ccco2)CC1.I. The summed E-state index contributed by atoms with van der Waals surface area (Å²) in [6, 6.07) is 4.28. The molecule has 0 aliphatic carbocycles. The van der Waals surface area contributed by atoms with Crippen molar-refractivity contribution in [3.05, 3.63) is 24.2 Å². The van der Waals surface area contributed by atoms with Crippen molar-refractivity contribution < 1.29 is 13.9 Å². The van der Waals surface area contributed by atoms with Crippen molar-refractivity contribution >= 4 is 35.8 Å². The summed E-state index contributed by atoms with van der Waals surface area (Å²) in [5.74, 6) is 2.48. The molecule has 1 aromatic heterocycles. The number of hydrogen-bond donors (Lipinski definition) is 3. The van der Waals surface area contributed by atoms with Crippen molar-refractivity contribution in [3.63, 3.8) is 0 Å². The van der Waals surface area contributed by atoms with Crippen molar-refractivity contribution in [2.24, 2.45) is 10.9 Å². The minimum absolute atomic E-state index is 0. The largest absolute Gasteiger partial charge is 0.469 e. The molecule has 3 N–H and O–H groups in total. The Bertz CT molecular complexity index is 642. The van der Waals surface area contributed by atoms with Crippen LogP contribution in [-0.2, 0) is 16.0 Å². The number of likely N-dealkylation sites (tertiary alicyclic amines) is 1. The van der Waals surface area contributed by atoms with Crippen LogP contribution in [0.15, 0.2) is 27.8 Å². The summed E-state index contributed by atoms with van der Waals surface area (Å²) in [4.78, 5) is 19.0. The zero-order valence-electron chi connectivity index (χ0n) is 18.6. The fourth-order valence-electron chi connectivity index (χ4n) is 3.81. The summed E-state index contributed by atoms with van der Waals surface area (Å²) < 4.78 is 10.9. The number of hydrogen-bond acceptors (Lipinski definition) is 5. The van der Waals surface area contributed by atoms with Crippen molar-refractivity contribution in [2.75, 3.05) is 52.5 Å². The molecule has 0 radical (unpaired) electrons. The van der Waals surface area contributed by atoms with Gasteiger partial charge in [0, 0.05) is 57.7 Å². The minimum Gasteiger partial charge on any atom is -0.469 e. The van der Waals surface area contributed by atoms with E-state index < -0.39 is 0 Å². The highest BCUT2D eigenvalue weighted by Crippen LogP contribution is 2.13. The zero-order chi connectivity index (χ0) is 21.0. The van der Waals surface area contributed by atoms with Crippen LogP contribution in [0.5, 0.6) is 0 Å². The van der Waals surface area contributed by atoms with E-state index in [9.17, 15) is 4.79 Å². The van der Waals surface area contributed by atoms with Gasteiger partial charge in [-0.2, -0.15) is 0 Å². The van der Waals surface area contributed by atoms with E-state index in [0.717, 1.165) is 89.8 Å². The highest BCUT2D eigenvalue weighted by Gasteiger charge is 2.22. The van der Waals surface area contributed by atoms with E-state index in [0.29, 0.717) is 18.5 Å². The predicted molar refractivity (Wildman–Crippen MR) is 133 cm³/mol. The second-order valence-electron chi connectivity index (χ2n) is 8.22. The van der Waals surface area contributed by atoms with Gasteiger partial charge in [-0.15, -0.1) is 24.0 Å². The van der Waals surface area contributed by atoms with Gasteiger partial charge in [0.05, 0.1) is 19.4 Å². The first kappa shape index (κ1) is 25.9. The molecule has 0 saturated carbocycles. The summed E-state index contributed by atoms with van der Waals surface area (Å²) >= 11 is 0. The number of furan rings is 1. The number of carbonyl (C=O) groups is 1. The average molecular weight is 547 g/mol. The number of carbonyl (C=O) groups excluding carboxylic acids is 1. The Kier molecular flexibility index (Phi) is 12.3. The molecule has 8 nitrogen and oxygen atoms in total. The lowest BCUT2D eigenvalue weighted by Gasteiger charge is -2.32. The fourth-order valence-corrected chi connectivity index (χ4v) is 3.81. The number of amides is 1. The van der Waals surface area contributed by atoms with Crippen LogP contribution < -0.4 is 16.0 Å². The van der Waals surface area contributed by atoms with Crippen LogP contribution in [0.1, 0.15) is 38.4 Å². The van der Waals surface area contributed by atoms with Crippen molar-refractivity contribution in [3.8, 4) is 0 Å². The Balaban J connectivity index is 0.00000341. The van der Waals surface area contributed by atoms with Crippen molar-refractivity contribution in [2.45, 2.75) is 45.1 Å². The lowest BCUT2D eigenvalue weighted by Crippen LogP contribution is -2.50. The van der Waals surface area contributed by atoms with Gasteiger partial charge >= 0.3 is 0 Å². The van der Waals surface area contributed by atoms with E-state index >= 15 is 0 Å². The summed E-state index contributed by atoms with van der Waals surface area (Å²) in [6.07, 6.45) is 6.60. The van der Waals surface area contributed by atoms with Crippen molar-refractivity contribution in [1.29, 1.82) is 0 Å². The molecule has 2 aliphatic heterocycles. The second-order valence-corrected chi connectivity index (χ2v) is 8.22. The Morgan fingerprint density at radius 3 is 2.74 bits per heavy atom. The van der Waals surface area contributed by atoms with Gasteiger partial charge in [-0.05, 0) is 37.8 Å². The van der Waals surface area contributed by atoms with E-state index in [-0.39, 0.29) is 29.9 Å². The van der Waals surface area contributed by atoms with E-state index in [1.54, 1.807) is 6.26 Å². The maximum atomic E-state index is 11.9. The number of nitrogens with zero attached hydrogens (tertiary/aromatic N) is 2. The number of piperidine rings is 1. The first-order valence-electron chi connectivity index (χ1n) is 11.4. The highest BCUT2D eigenvalue weighted by atomic mass is 127. The molecule has 0 aromatic carbocycles. The van der Waals surface area contributed by atoms with Gasteiger partial charge in [-0.3, -0.25) is 14.7 Å². The van der Waals surface area contributed by atoms with Crippen LogP contribution in [-0.4, -0.2) is 75.3 Å². The van der Waals surface area contributed by atoms with Crippen LogP contribution in [0.4, 0.5) is 0 Å². The lowest BCUT2D eigenvalue weighted by molar-refractivity contribution is -0.122. The molecule has 1 unspecified atom stereocenters.